The van der Waals surface area contributed by atoms with Crippen LogP contribution in [-0.4, -0.2) is 23.2 Å². The maximum atomic E-state index is 7.34. The Morgan fingerprint density at radius 3 is 2.94 bits per heavy atom. The minimum absolute atomic E-state index is 0.436. The fourth-order valence-electron chi connectivity index (χ4n) is 1.50. The zero-order valence-electron chi connectivity index (χ0n) is 9.24. The molecule has 0 aromatic carbocycles. The van der Waals surface area contributed by atoms with Gasteiger partial charge < -0.3 is 10.7 Å². The van der Waals surface area contributed by atoms with Crippen LogP contribution in [0, 0.1) is 5.41 Å². The van der Waals surface area contributed by atoms with Crippen molar-refractivity contribution in [3.63, 3.8) is 0 Å². The Balaban J connectivity index is 2.57. The first-order valence-corrected chi connectivity index (χ1v) is 5.43. The van der Waals surface area contributed by atoms with Gasteiger partial charge in [-0.25, -0.2) is 4.98 Å². The zero-order chi connectivity index (χ0) is 12.3. The Morgan fingerprint density at radius 2 is 2.24 bits per heavy atom. The summed E-state index contributed by atoms with van der Waals surface area (Å²) in [5, 5.41) is 10.7. The van der Waals surface area contributed by atoms with Crippen LogP contribution < -0.4 is 5.32 Å². The third-order valence-electron chi connectivity index (χ3n) is 2.29. The average Bonchev–Trinajstić information content (AvgIpc) is 2.35. The zero-order valence-corrected chi connectivity index (χ0v) is 9.99. The lowest BCUT2D eigenvalue weighted by atomic mass is 10.1. The van der Waals surface area contributed by atoms with Crippen LogP contribution in [0.1, 0.15) is 5.56 Å². The number of hydrogen-bond acceptors (Lipinski definition) is 4. The molecule has 0 saturated heterocycles. The number of pyridine rings is 2. The molecule has 0 radical (unpaired) electrons. The molecule has 86 valence electrons. The van der Waals surface area contributed by atoms with Crippen LogP contribution in [-0.2, 0) is 0 Å². The lowest BCUT2D eigenvalue weighted by molar-refractivity contribution is 1.11. The Labute approximate surface area is 104 Å². The maximum Gasteiger partial charge on any atom is 0.129 e. The molecule has 4 nitrogen and oxygen atoms in total. The van der Waals surface area contributed by atoms with Gasteiger partial charge >= 0.3 is 0 Å². The number of hydrogen-bond donors (Lipinski definition) is 2. The molecule has 2 aromatic rings. The summed E-state index contributed by atoms with van der Waals surface area (Å²) in [4.78, 5) is 8.47. The monoisotopic (exact) mass is 246 g/mol. The van der Waals surface area contributed by atoms with Crippen molar-refractivity contribution in [1.29, 1.82) is 5.41 Å². The van der Waals surface area contributed by atoms with Gasteiger partial charge in [-0.3, -0.25) is 4.98 Å². The SMILES string of the molecule is CN/C=C(\C=N)c1cnc2ccc(Cl)nc2c1. The molecule has 0 spiro atoms. The summed E-state index contributed by atoms with van der Waals surface area (Å²) in [6, 6.07) is 5.39. The molecule has 0 atom stereocenters. The molecule has 0 aliphatic rings. The highest BCUT2D eigenvalue weighted by Crippen LogP contribution is 2.18. The topological polar surface area (TPSA) is 61.7 Å². The molecular formula is C12H11ClN4. The molecule has 2 N–H and O–H groups in total. The van der Waals surface area contributed by atoms with Gasteiger partial charge in [0.05, 0.1) is 11.0 Å². The number of aromatic nitrogens is 2. The summed E-state index contributed by atoms with van der Waals surface area (Å²) in [6.07, 6.45) is 4.72. The van der Waals surface area contributed by atoms with Crippen molar-refractivity contribution in [3.05, 3.63) is 41.3 Å². The van der Waals surface area contributed by atoms with Crippen LogP contribution in [0.15, 0.2) is 30.6 Å². The van der Waals surface area contributed by atoms with Crippen LogP contribution in [0.25, 0.3) is 16.6 Å². The smallest absolute Gasteiger partial charge is 0.129 e. The fourth-order valence-corrected chi connectivity index (χ4v) is 1.66. The highest BCUT2D eigenvalue weighted by atomic mass is 35.5. The summed E-state index contributed by atoms with van der Waals surface area (Å²) >= 11 is 5.83. The second kappa shape index (κ2) is 4.93. The summed E-state index contributed by atoms with van der Waals surface area (Å²) in [7, 11) is 1.78. The standard InChI is InChI=1S/C12H11ClN4/c1-15-6-9(5-14)8-4-11-10(16-7-8)2-3-12(13)17-11/h2-7,14-15H,1H3/b9-6+,14-5?. The lowest BCUT2D eigenvalue weighted by Gasteiger charge is -2.03. The number of allylic oxidation sites excluding steroid dienone is 1. The van der Waals surface area contributed by atoms with E-state index < -0.39 is 0 Å². The van der Waals surface area contributed by atoms with E-state index in [0.717, 1.165) is 22.2 Å². The molecular weight excluding hydrogens is 236 g/mol. The predicted octanol–water partition coefficient (Wildman–Crippen LogP) is 2.49. The lowest BCUT2D eigenvalue weighted by Crippen LogP contribution is -1.98. The second-order valence-electron chi connectivity index (χ2n) is 3.43. The van der Waals surface area contributed by atoms with E-state index in [9.17, 15) is 0 Å². The van der Waals surface area contributed by atoms with E-state index in [-0.39, 0.29) is 0 Å². The summed E-state index contributed by atoms with van der Waals surface area (Å²) in [5.74, 6) is 0. The van der Waals surface area contributed by atoms with Crippen molar-refractivity contribution < 1.29 is 0 Å². The van der Waals surface area contributed by atoms with E-state index in [1.54, 1.807) is 25.5 Å². The van der Waals surface area contributed by atoms with Crippen LogP contribution in [0.4, 0.5) is 0 Å². The van der Waals surface area contributed by atoms with Gasteiger partial charge in [-0.15, -0.1) is 0 Å². The van der Waals surface area contributed by atoms with Gasteiger partial charge in [0.1, 0.15) is 5.15 Å². The third-order valence-corrected chi connectivity index (χ3v) is 2.50. The van der Waals surface area contributed by atoms with E-state index in [1.807, 2.05) is 12.1 Å². The van der Waals surface area contributed by atoms with E-state index >= 15 is 0 Å². The normalized spacial score (nSPS) is 11.5. The summed E-state index contributed by atoms with van der Waals surface area (Å²) in [5.41, 5.74) is 3.08. The van der Waals surface area contributed by atoms with Gasteiger partial charge in [0, 0.05) is 36.8 Å². The molecule has 0 fully saturated rings. The van der Waals surface area contributed by atoms with E-state index in [2.05, 4.69) is 15.3 Å². The van der Waals surface area contributed by atoms with Crippen molar-refractivity contribution in [2.45, 2.75) is 0 Å². The van der Waals surface area contributed by atoms with Gasteiger partial charge in [0.15, 0.2) is 0 Å². The minimum Gasteiger partial charge on any atom is -0.393 e. The largest absolute Gasteiger partial charge is 0.393 e. The van der Waals surface area contributed by atoms with Crippen molar-refractivity contribution in [1.82, 2.24) is 15.3 Å². The minimum atomic E-state index is 0.436. The van der Waals surface area contributed by atoms with Crippen LogP contribution in [0.5, 0.6) is 0 Å². The number of rotatable bonds is 3. The van der Waals surface area contributed by atoms with E-state index in [1.165, 1.54) is 6.21 Å². The number of nitrogens with one attached hydrogen (secondary N) is 2. The molecule has 0 aliphatic carbocycles. The van der Waals surface area contributed by atoms with E-state index in [4.69, 9.17) is 17.0 Å². The van der Waals surface area contributed by atoms with Crippen molar-refractivity contribution in [2.75, 3.05) is 7.05 Å². The first-order chi connectivity index (χ1) is 8.24. The average molecular weight is 247 g/mol. The quantitative estimate of drug-likeness (QED) is 0.646. The Hall–Kier alpha value is -1.94. The Morgan fingerprint density at radius 1 is 1.41 bits per heavy atom. The van der Waals surface area contributed by atoms with Crippen LogP contribution in [0.3, 0.4) is 0 Å². The van der Waals surface area contributed by atoms with Gasteiger partial charge in [-0.2, -0.15) is 0 Å². The molecule has 0 aliphatic heterocycles. The van der Waals surface area contributed by atoms with Gasteiger partial charge in [0.25, 0.3) is 0 Å². The molecule has 2 heterocycles. The van der Waals surface area contributed by atoms with Crippen molar-refractivity contribution >= 4 is 34.4 Å². The van der Waals surface area contributed by atoms with Crippen molar-refractivity contribution in [2.24, 2.45) is 0 Å². The van der Waals surface area contributed by atoms with Gasteiger partial charge in [0.2, 0.25) is 0 Å². The first kappa shape index (κ1) is 11.5. The molecule has 0 unspecified atom stereocenters. The van der Waals surface area contributed by atoms with Crippen molar-refractivity contribution in [3.8, 4) is 0 Å². The van der Waals surface area contributed by atoms with E-state index in [0.29, 0.717) is 5.15 Å². The number of halogens is 1. The second-order valence-corrected chi connectivity index (χ2v) is 3.82. The molecule has 5 heteroatoms. The molecule has 0 bridgehead atoms. The molecule has 2 rings (SSSR count). The Kier molecular flexibility index (Phi) is 3.35. The maximum absolute atomic E-state index is 7.34. The fraction of sp³-hybridized carbons (Fsp3) is 0.0833. The molecule has 2 aromatic heterocycles. The third kappa shape index (κ3) is 2.42. The summed E-state index contributed by atoms with van der Waals surface area (Å²) < 4.78 is 0. The highest BCUT2D eigenvalue weighted by molar-refractivity contribution is 6.29. The molecule has 0 amide bonds. The highest BCUT2D eigenvalue weighted by Gasteiger charge is 2.03. The van der Waals surface area contributed by atoms with Gasteiger partial charge in [-0.1, -0.05) is 11.6 Å². The van der Waals surface area contributed by atoms with Gasteiger partial charge in [-0.05, 0) is 18.2 Å². The molecule has 17 heavy (non-hydrogen) atoms. The summed E-state index contributed by atoms with van der Waals surface area (Å²) in [6.45, 7) is 0. The predicted molar refractivity (Wildman–Crippen MR) is 70.4 cm³/mol. The van der Waals surface area contributed by atoms with Crippen LogP contribution in [0.2, 0.25) is 5.15 Å². The number of nitrogens with zero attached hydrogens (tertiary/aromatic N) is 2. The molecule has 0 saturated carbocycles. The first-order valence-electron chi connectivity index (χ1n) is 5.05. The number of fused-ring (bicyclic) bond motifs is 1. The van der Waals surface area contributed by atoms with Crippen LogP contribution >= 0.6 is 11.6 Å². The Bertz CT molecular complexity index is 592.